The van der Waals surface area contributed by atoms with Gasteiger partial charge in [-0.05, 0) is 19.4 Å². The van der Waals surface area contributed by atoms with Crippen molar-refractivity contribution in [3.63, 3.8) is 0 Å². The quantitative estimate of drug-likeness (QED) is 0.845. The van der Waals surface area contributed by atoms with Crippen LogP contribution in [0.1, 0.15) is 24.8 Å². The molecule has 0 bridgehead atoms. The summed E-state index contributed by atoms with van der Waals surface area (Å²) in [6.07, 6.45) is 2.45. The molecule has 1 fully saturated rings. The third-order valence-corrected chi connectivity index (χ3v) is 2.91. The summed E-state index contributed by atoms with van der Waals surface area (Å²) in [5.41, 5.74) is 0.115. The predicted molar refractivity (Wildman–Crippen MR) is 63.2 cm³/mol. The Morgan fingerprint density at radius 3 is 2.38 bits per heavy atom. The van der Waals surface area contributed by atoms with E-state index in [0.717, 1.165) is 12.8 Å². The smallest absolute Gasteiger partial charge is 0.288 e. The van der Waals surface area contributed by atoms with E-state index in [1.54, 1.807) is 18.2 Å². The number of hydrogen-bond acceptors (Lipinski definition) is 1. The topological polar surface area (TPSA) is 12.0 Å². The molecular formula is C12H16ClF2N. The Labute approximate surface area is 101 Å². The Balaban J connectivity index is 0.00000128. The lowest BCUT2D eigenvalue weighted by atomic mass is 9.94. The van der Waals surface area contributed by atoms with E-state index in [-0.39, 0.29) is 18.0 Å². The molecular weight excluding hydrogens is 232 g/mol. The molecule has 0 saturated carbocycles. The van der Waals surface area contributed by atoms with E-state index in [1.165, 1.54) is 12.1 Å². The molecule has 1 unspecified atom stereocenters. The van der Waals surface area contributed by atoms with Gasteiger partial charge in [0.25, 0.3) is 5.92 Å². The minimum atomic E-state index is -2.75. The number of piperidine rings is 1. The maximum absolute atomic E-state index is 14.0. The zero-order valence-corrected chi connectivity index (χ0v) is 9.77. The summed E-state index contributed by atoms with van der Waals surface area (Å²) >= 11 is 0. The molecule has 1 N–H and O–H groups in total. The number of alkyl halides is 2. The molecule has 1 atom stereocenters. The van der Waals surface area contributed by atoms with Crippen molar-refractivity contribution in [1.29, 1.82) is 0 Å². The van der Waals surface area contributed by atoms with Gasteiger partial charge in [-0.15, -0.1) is 12.4 Å². The van der Waals surface area contributed by atoms with E-state index in [0.29, 0.717) is 13.0 Å². The van der Waals surface area contributed by atoms with Gasteiger partial charge in [-0.25, -0.2) is 0 Å². The van der Waals surface area contributed by atoms with Gasteiger partial charge in [0.05, 0.1) is 6.04 Å². The van der Waals surface area contributed by atoms with Crippen LogP contribution in [0.3, 0.4) is 0 Å². The average Bonchev–Trinajstić information content (AvgIpc) is 2.31. The highest BCUT2D eigenvalue weighted by Crippen LogP contribution is 2.34. The second-order valence-electron chi connectivity index (χ2n) is 3.99. The fraction of sp³-hybridized carbons (Fsp3) is 0.500. The molecule has 1 nitrogen and oxygen atoms in total. The standard InChI is InChI=1S/C12H15F2N.ClH/c13-12(14,10-6-2-1-3-7-10)11-8-4-5-9-15-11;/h1-3,6-7,11,15H,4-5,8-9H2;1H. The number of hydrogen-bond donors (Lipinski definition) is 1. The van der Waals surface area contributed by atoms with E-state index in [9.17, 15) is 8.78 Å². The van der Waals surface area contributed by atoms with E-state index in [1.807, 2.05) is 0 Å². The van der Waals surface area contributed by atoms with E-state index in [4.69, 9.17) is 0 Å². The van der Waals surface area contributed by atoms with Gasteiger partial charge < -0.3 is 5.32 Å². The van der Waals surface area contributed by atoms with Crippen LogP contribution in [0.15, 0.2) is 30.3 Å². The second-order valence-corrected chi connectivity index (χ2v) is 3.99. The lowest BCUT2D eigenvalue weighted by Gasteiger charge is -2.31. The summed E-state index contributed by atoms with van der Waals surface area (Å²) in [7, 11) is 0. The molecule has 1 heterocycles. The third-order valence-electron chi connectivity index (χ3n) is 2.91. The van der Waals surface area contributed by atoms with Crippen LogP contribution in [0.5, 0.6) is 0 Å². The third kappa shape index (κ3) is 2.71. The van der Waals surface area contributed by atoms with Crippen molar-refractivity contribution in [1.82, 2.24) is 5.32 Å². The van der Waals surface area contributed by atoms with Crippen molar-refractivity contribution in [2.75, 3.05) is 6.54 Å². The first-order valence-electron chi connectivity index (χ1n) is 5.38. The molecule has 1 aromatic rings. The van der Waals surface area contributed by atoms with E-state index >= 15 is 0 Å². The molecule has 0 radical (unpaired) electrons. The number of halogens is 3. The van der Waals surface area contributed by atoms with Crippen LogP contribution in [0, 0.1) is 0 Å². The highest BCUT2D eigenvalue weighted by Gasteiger charge is 2.41. The molecule has 2 rings (SSSR count). The first-order chi connectivity index (χ1) is 7.21. The Morgan fingerprint density at radius 2 is 1.81 bits per heavy atom. The van der Waals surface area contributed by atoms with Gasteiger partial charge in [0.1, 0.15) is 0 Å². The molecule has 1 aromatic carbocycles. The lowest BCUT2D eigenvalue weighted by molar-refractivity contribution is -0.0512. The highest BCUT2D eigenvalue weighted by atomic mass is 35.5. The summed E-state index contributed by atoms with van der Waals surface area (Å²) in [4.78, 5) is 0. The van der Waals surface area contributed by atoms with Crippen LogP contribution in [0.4, 0.5) is 8.78 Å². The zero-order chi connectivity index (χ0) is 10.7. The summed E-state index contributed by atoms with van der Waals surface area (Å²) < 4.78 is 28.0. The summed E-state index contributed by atoms with van der Waals surface area (Å²) in [5, 5.41) is 2.91. The van der Waals surface area contributed by atoms with Crippen molar-refractivity contribution in [2.45, 2.75) is 31.2 Å². The minimum absolute atomic E-state index is 0. The van der Waals surface area contributed by atoms with Gasteiger partial charge in [0.2, 0.25) is 0 Å². The normalized spacial score (nSPS) is 21.2. The molecule has 1 aliphatic rings. The highest BCUT2D eigenvalue weighted by molar-refractivity contribution is 5.85. The SMILES string of the molecule is Cl.FC(F)(c1ccccc1)C1CCCCN1. The fourth-order valence-corrected chi connectivity index (χ4v) is 2.02. The summed E-state index contributed by atoms with van der Waals surface area (Å²) in [5.74, 6) is -2.75. The molecule has 90 valence electrons. The van der Waals surface area contributed by atoms with Gasteiger partial charge in [-0.3, -0.25) is 0 Å². The van der Waals surface area contributed by atoms with Crippen LogP contribution in [-0.4, -0.2) is 12.6 Å². The Kier molecular flexibility index (Phi) is 4.69. The number of nitrogens with one attached hydrogen (secondary N) is 1. The van der Waals surface area contributed by atoms with Crippen LogP contribution in [0.25, 0.3) is 0 Å². The number of rotatable bonds is 2. The largest absolute Gasteiger partial charge is 0.308 e. The second kappa shape index (κ2) is 5.60. The molecule has 1 aliphatic heterocycles. The fourth-order valence-electron chi connectivity index (χ4n) is 2.02. The average molecular weight is 248 g/mol. The van der Waals surface area contributed by atoms with Crippen LogP contribution >= 0.6 is 12.4 Å². The van der Waals surface area contributed by atoms with E-state index < -0.39 is 12.0 Å². The van der Waals surface area contributed by atoms with Crippen LogP contribution in [0.2, 0.25) is 0 Å². The Morgan fingerprint density at radius 1 is 1.12 bits per heavy atom. The van der Waals surface area contributed by atoms with E-state index in [2.05, 4.69) is 5.32 Å². The van der Waals surface area contributed by atoms with Gasteiger partial charge >= 0.3 is 0 Å². The molecule has 16 heavy (non-hydrogen) atoms. The minimum Gasteiger partial charge on any atom is -0.308 e. The molecule has 0 spiro atoms. The molecule has 0 amide bonds. The first kappa shape index (κ1) is 13.4. The Bertz CT molecular complexity index is 310. The monoisotopic (exact) mass is 247 g/mol. The maximum Gasteiger partial charge on any atom is 0.288 e. The van der Waals surface area contributed by atoms with Crippen molar-refractivity contribution < 1.29 is 8.78 Å². The van der Waals surface area contributed by atoms with Crippen molar-refractivity contribution in [2.24, 2.45) is 0 Å². The van der Waals surface area contributed by atoms with Gasteiger partial charge in [0.15, 0.2) is 0 Å². The summed E-state index contributed by atoms with van der Waals surface area (Å²) in [6, 6.07) is 7.37. The maximum atomic E-state index is 14.0. The first-order valence-corrected chi connectivity index (χ1v) is 5.38. The van der Waals surface area contributed by atoms with Crippen LogP contribution in [-0.2, 0) is 5.92 Å². The molecule has 4 heteroatoms. The molecule has 1 saturated heterocycles. The molecule has 0 aromatic heterocycles. The van der Waals surface area contributed by atoms with Crippen molar-refractivity contribution >= 4 is 12.4 Å². The van der Waals surface area contributed by atoms with Gasteiger partial charge in [-0.2, -0.15) is 8.78 Å². The number of benzene rings is 1. The lowest BCUT2D eigenvalue weighted by Crippen LogP contribution is -2.45. The van der Waals surface area contributed by atoms with Crippen molar-refractivity contribution in [3.05, 3.63) is 35.9 Å². The zero-order valence-electron chi connectivity index (χ0n) is 8.96. The van der Waals surface area contributed by atoms with Crippen LogP contribution < -0.4 is 5.32 Å². The predicted octanol–water partition coefficient (Wildman–Crippen LogP) is 3.34. The van der Waals surface area contributed by atoms with Gasteiger partial charge in [-0.1, -0.05) is 36.8 Å². The Hall–Kier alpha value is -0.670. The van der Waals surface area contributed by atoms with Crippen molar-refractivity contribution in [3.8, 4) is 0 Å². The summed E-state index contributed by atoms with van der Waals surface area (Å²) in [6.45, 7) is 0.701. The van der Waals surface area contributed by atoms with Gasteiger partial charge in [0, 0.05) is 5.56 Å². The molecule has 0 aliphatic carbocycles.